The second-order valence-electron chi connectivity index (χ2n) is 5.23. The summed E-state index contributed by atoms with van der Waals surface area (Å²) in [5, 5.41) is 13.0. The Labute approximate surface area is 85.8 Å². The first kappa shape index (κ1) is 10.4. The van der Waals surface area contributed by atoms with E-state index in [9.17, 15) is 5.11 Å². The van der Waals surface area contributed by atoms with Crippen molar-refractivity contribution in [2.24, 2.45) is 0 Å². The van der Waals surface area contributed by atoms with Crippen LogP contribution < -0.4 is 5.32 Å². The van der Waals surface area contributed by atoms with Crippen LogP contribution in [0.25, 0.3) is 0 Å². The Morgan fingerprint density at radius 1 is 1.43 bits per heavy atom. The quantitative estimate of drug-likeness (QED) is 0.711. The summed E-state index contributed by atoms with van der Waals surface area (Å²) in [6, 6.07) is 0.538. The van der Waals surface area contributed by atoms with E-state index in [1.54, 1.807) is 0 Å². The third kappa shape index (κ3) is 2.47. The number of aliphatic hydroxyl groups is 1. The van der Waals surface area contributed by atoms with Crippen molar-refractivity contribution in [3.63, 3.8) is 0 Å². The molecule has 82 valence electrons. The van der Waals surface area contributed by atoms with Crippen LogP contribution >= 0.6 is 0 Å². The van der Waals surface area contributed by atoms with Gasteiger partial charge in [-0.3, -0.25) is 0 Å². The largest absolute Gasteiger partial charge is 0.390 e. The van der Waals surface area contributed by atoms with Crippen LogP contribution in [0.15, 0.2) is 0 Å². The smallest absolute Gasteiger partial charge is 0.0733 e. The molecule has 3 nitrogen and oxygen atoms in total. The number of fused-ring (bicyclic) bond motifs is 2. The Kier molecular flexibility index (Phi) is 2.82. The summed E-state index contributed by atoms with van der Waals surface area (Å²) >= 11 is 0. The van der Waals surface area contributed by atoms with Crippen LogP contribution in [-0.4, -0.2) is 35.5 Å². The highest BCUT2D eigenvalue weighted by molar-refractivity contribution is 4.93. The predicted octanol–water partition coefficient (Wildman–Crippen LogP) is 1.06. The maximum atomic E-state index is 9.55. The minimum absolute atomic E-state index is 0.446. The van der Waals surface area contributed by atoms with Crippen molar-refractivity contribution >= 4 is 0 Å². The molecule has 0 aromatic rings. The Bertz CT molecular complexity index is 200. The summed E-state index contributed by atoms with van der Waals surface area (Å²) in [5.41, 5.74) is -0.550. The Balaban J connectivity index is 1.67. The lowest BCUT2D eigenvalue weighted by Gasteiger charge is -2.23. The van der Waals surface area contributed by atoms with Crippen LogP contribution in [0.4, 0.5) is 0 Å². The summed E-state index contributed by atoms with van der Waals surface area (Å²) in [6.07, 6.45) is 5.39. The number of ether oxygens (including phenoxy) is 1. The molecule has 0 saturated carbocycles. The molecule has 0 radical (unpaired) electrons. The third-order valence-corrected chi connectivity index (χ3v) is 3.25. The first-order valence-electron chi connectivity index (χ1n) is 5.66. The van der Waals surface area contributed by atoms with Gasteiger partial charge in [-0.1, -0.05) is 0 Å². The third-order valence-electron chi connectivity index (χ3n) is 3.25. The maximum Gasteiger partial charge on any atom is 0.0733 e. The van der Waals surface area contributed by atoms with Crippen molar-refractivity contribution in [3.05, 3.63) is 0 Å². The molecule has 2 aliphatic rings. The van der Waals surface area contributed by atoms with Crippen LogP contribution in [0, 0.1) is 0 Å². The van der Waals surface area contributed by atoms with Gasteiger partial charge in [0, 0.05) is 6.04 Å². The van der Waals surface area contributed by atoms with E-state index in [1.807, 2.05) is 13.8 Å². The molecular formula is C11H21NO2. The molecule has 0 aromatic heterocycles. The molecule has 3 unspecified atom stereocenters. The van der Waals surface area contributed by atoms with Gasteiger partial charge in [0.2, 0.25) is 0 Å². The van der Waals surface area contributed by atoms with Gasteiger partial charge < -0.3 is 15.2 Å². The number of rotatable bonds is 4. The molecular weight excluding hydrogens is 178 g/mol. The lowest BCUT2D eigenvalue weighted by atomic mass is 9.95. The van der Waals surface area contributed by atoms with E-state index in [-0.39, 0.29) is 0 Å². The van der Waals surface area contributed by atoms with Gasteiger partial charge in [-0.2, -0.15) is 0 Å². The first-order chi connectivity index (χ1) is 6.54. The SMILES string of the molecule is CC(C)(O)CCNC1CC2CCC1O2. The molecule has 2 fully saturated rings. The molecule has 14 heavy (non-hydrogen) atoms. The lowest BCUT2D eigenvalue weighted by molar-refractivity contribution is 0.0675. The Morgan fingerprint density at radius 2 is 2.21 bits per heavy atom. The molecule has 3 heteroatoms. The lowest BCUT2D eigenvalue weighted by Crippen LogP contribution is -2.39. The van der Waals surface area contributed by atoms with E-state index in [0.29, 0.717) is 18.2 Å². The number of hydrogen-bond donors (Lipinski definition) is 2. The van der Waals surface area contributed by atoms with E-state index < -0.39 is 5.60 Å². The van der Waals surface area contributed by atoms with Gasteiger partial charge in [-0.15, -0.1) is 0 Å². The molecule has 0 aromatic carbocycles. The van der Waals surface area contributed by atoms with Gasteiger partial charge >= 0.3 is 0 Å². The van der Waals surface area contributed by atoms with Crippen molar-refractivity contribution in [1.82, 2.24) is 5.32 Å². The highest BCUT2D eigenvalue weighted by Gasteiger charge is 2.40. The zero-order chi connectivity index (χ0) is 10.2. The molecule has 2 aliphatic heterocycles. The fourth-order valence-electron chi connectivity index (χ4n) is 2.42. The van der Waals surface area contributed by atoms with Crippen LogP contribution in [0.5, 0.6) is 0 Å². The van der Waals surface area contributed by atoms with E-state index in [0.717, 1.165) is 19.4 Å². The number of nitrogens with one attached hydrogen (secondary N) is 1. The van der Waals surface area contributed by atoms with Crippen LogP contribution in [0.1, 0.15) is 39.5 Å². The topological polar surface area (TPSA) is 41.5 Å². The van der Waals surface area contributed by atoms with Crippen molar-refractivity contribution in [3.8, 4) is 0 Å². The van der Waals surface area contributed by atoms with Gasteiger partial charge in [0.25, 0.3) is 0 Å². The normalized spacial score (nSPS) is 36.6. The zero-order valence-corrected chi connectivity index (χ0v) is 9.12. The van der Waals surface area contributed by atoms with Gasteiger partial charge in [-0.25, -0.2) is 0 Å². The van der Waals surface area contributed by atoms with Crippen molar-refractivity contribution in [1.29, 1.82) is 0 Å². The van der Waals surface area contributed by atoms with Gasteiger partial charge in [0.1, 0.15) is 0 Å². The first-order valence-corrected chi connectivity index (χ1v) is 5.66. The van der Waals surface area contributed by atoms with E-state index in [2.05, 4.69) is 5.32 Å². The van der Waals surface area contributed by atoms with Crippen LogP contribution in [0.3, 0.4) is 0 Å². The molecule has 3 atom stereocenters. The molecule has 0 spiro atoms. The van der Waals surface area contributed by atoms with E-state index >= 15 is 0 Å². The average Bonchev–Trinajstić information content (AvgIpc) is 2.62. The maximum absolute atomic E-state index is 9.55. The van der Waals surface area contributed by atoms with Crippen LogP contribution in [-0.2, 0) is 4.74 Å². The molecule has 0 amide bonds. The standard InChI is InChI=1S/C11H21NO2/c1-11(2,13)5-6-12-9-7-8-3-4-10(9)14-8/h8-10,12-13H,3-7H2,1-2H3. The molecule has 0 aliphatic carbocycles. The summed E-state index contributed by atoms with van der Waals surface area (Å²) in [5.74, 6) is 0. The van der Waals surface area contributed by atoms with Crippen molar-refractivity contribution in [2.75, 3.05) is 6.54 Å². The summed E-state index contributed by atoms with van der Waals surface area (Å²) in [7, 11) is 0. The summed E-state index contributed by atoms with van der Waals surface area (Å²) in [6.45, 7) is 4.60. The van der Waals surface area contributed by atoms with Gasteiger partial charge in [0.15, 0.2) is 0 Å². The molecule has 2 bridgehead atoms. The second-order valence-corrected chi connectivity index (χ2v) is 5.23. The molecule has 2 saturated heterocycles. The average molecular weight is 199 g/mol. The van der Waals surface area contributed by atoms with E-state index in [4.69, 9.17) is 4.74 Å². The minimum Gasteiger partial charge on any atom is -0.390 e. The zero-order valence-electron chi connectivity index (χ0n) is 9.12. The Morgan fingerprint density at radius 3 is 2.71 bits per heavy atom. The van der Waals surface area contributed by atoms with E-state index in [1.165, 1.54) is 12.8 Å². The highest BCUT2D eigenvalue weighted by atomic mass is 16.5. The van der Waals surface area contributed by atoms with Crippen molar-refractivity contribution < 1.29 is 9.84 Å². The fourth-order valence-corrected chi connectivity index (χ4v) is 2.42. The summed E-state index contributed by atoms with van der Waals surface area (Å²) in [4.78, 5) is 0. The molecule has 2 rings (SSSR count). The van der Waals surface area contributed by atoms with Gasteiger partial charge in [0.05, 0.1) is 17.8 Å². The van der Waals surface area contributed by atoms with Gasteiger partial charge in [-0.05, 0) is 46.1 Å². The van der Waals surface area contributed by atoms with Crippen LogP contribution in [0.2, 0.25) is 0 Å². The fraction of sp³-hybridized carbons (Fsp3) is 1.00. The van der Waals surface area contributed by atoms with Crippen molar-refractivity contribution in [2.45, 2.75) is 63.4 Å². The highest BCUT2D eigenvalue weighted by Crippen LogP contribution is 2.34. The predicted molar refractivity (Wildman–Crippen MR) is 55.2 cm³/mol. The number of hydrogen-bond acceptors (Lipinski definition) is 3. The molecule has 2 N–H and O–H groups in total. The second kappa shape index (κ2) is 3.80. The summed E-state index contributed by atoms with van der Waals surface area (Å²) < 4.78 is 5.74. The minimum atomic E-state index is -0.550. The monoisotopic (exact) mass is 199 g/mol. The Hall–Kier alpha value is -0.120. The molecule has 2 heterocycles.